The van der Waals surface area contributed by atoms with Crippen LogP contribution in [0.1, 0.15) is 21.6 Å². The fourth-order valence-corrected chi connectivity index (χ4v) is 1.89. The van der Waals surface area contributed by atoms with Gasteiger partial charge in [0.15, 0.2) is 0 Å². The number of nitrogens with zero attached hydrogens (tertiary/aromatic N) is 2. The van der Waals surface area contributed by atoms with Gasteiger partial charge in [-0.15, -0.1) is 0 Å². The molecule has 0 radical (unpaired) electrons. The van der Waals surface area contributed by atoms with Crippen molar-refractivity contribution >= 4 is 17.4 Å². The van der Waals surface area contributed by atoms with E-state index < -0.39 is 22.3 Å². The number of pyridine rings is 1. The molecule has 1 amide bonds. The molecule has 1 N–H and O–H groups in total. The van der Waals surface area contributed by atoms with Crippen molar-refractivity contribution in [2.24, 2.45) is 0 Å². The van der Waals surface area contributed by atoms with Crippen molar-refractivity contribution in [3.8, 4) is 0 Å². The number of amides is 1. The van der Waals surface area contributed by atoms with E-state index in [4.69, 9.17) is 0 Å². The number of carbonyl (C=O) groups excluding carboxylic acids is 1. The summed E-state index contributed by atoms with van der Waals surface area (Å²) >= 11 is 0. The topological polar surface area (TPSA) is 85.1 Å². The summed E-state index contributed by atoms with van der Waals surface area (Å²) in [4.78, 5) is 26.0. The Bertz CT molecular complexity index is 711. The van der Waals surface area contributed by atoms with Crippen molar-refractivity contribution in [3.05, 3.63) is 63.1 Å². The molecule has 0 atom stereocenters. The molecule has 0 aliphatic rings. The Kier molecular flexibility index (Phi) is 3.93. The maximum Gasteiger partial charge on any atom is 0.305 e. The molecule has 1 aromatic heterocycles. The highest BCUT2D eigenvalue weighted by atomic mass is 19.1. The molecule has 0 aliphatic heterocycles. The summed E-state index contributed by atoms with van der Waals surface area (Å²) in [6, 6.07) is 6.48. The van der Waals surface area contributed by atoms with E-state index in [0.717, 1.165) is 23.4 Å². The van der Waals surface area contributed by atoms with Gasteiger partial charge in [0.2, 0.25) is 5.82 Å². The van der Waals surface area contributed by atoms with Gasteiger partial charge in [0.25, 0.3) is 5.91 Å². The highest BCUT2D eigenvalue weighted by Gasteiger charge is 2.17. The maximum atomic E-state index is 13.2. The van der Waals surface area contributed by atoms with E-state index in [9.17, 15) is 19.3 Å². The van der Waals surface area contributed by atoms with Crippen molar-refractivity contribution in [3.63, 3.8) is 0 Å². The molecule has 0 unspecified atom stereocenters. The predicted octanol–water partition coefficient (Wildman–Crippen LogP) is 3.00. The largest absolute Gasteiger partial charge is 0.307 e. The average molecular weight is 289 g/mol. The van der Waals surface area contributed by atoms with Crippen LogP contribution in [-0.4, -0.2) is 15.8 Å². The fourth-order valence-electron chi connectivity index (χ4n) is 1.89. The fraction of sp³-hybridized carbons (Fsp3) is 0.143. The Hall–Kier alpha value is -2.83. The smallest absolute Gasteiger partial charge is 0.305 e. The minimum Gasteiger partial charge on any atom is -0.307 e. The second kappa shape index (κ2) is 5.66. The number of hydrogen-bond donors (Lipinski definition) is 1. The second-order valence-electron chi connectivity index (χ2n) is 4.55. The lowest BCUT2D eigenvalue weighted by molar-refractivity contribution is -0.387. The summed E-state index contributed by atoms with van der Waals surface area (Å²) in [6.45, 7) is 3.64. The van der Waals surface area contributed by atoms with Gasteiger partial charge < -0.3 is 5.32 Å². The lowest BCUT2D eigenvalue weighted by Crippen LogP contribution is -2.14. The van der Waals surface area contributed by atoms with E-state index in [0.29, 0.717) is 5.82 Å². The molecule has 0 fully saturated rings. The van der Waals surface area contributed by atoms with Gasteiger partial charge in [0.1, 0.15) is 5.82 Å². The number of hydrogen-bond acceptors (Lipinski definition) is 4. The number of nitro benzene ring substituents is 1. The molecule has 7 heteroatoms. The van der Waals surface area contributed by atoms with Crippen molar-refractivity contribution in [1.82, 2.24) is 4.98 Å². The summed E-state index contributed by atoms with van der Waals surface area (Å²) in [7, 11) is 0. The van der Waals surface area contributed by atoms with Crippen LogP contribution < -0.4 is 5.32 Å². The number of nitrogens with one attached hydrogen (secondary N) is 1. The summed E-state index contributed by atoms with van der Waals surface area (Å²) < 4.78 is 13.2. The van der Waals surface area contributed by atoms with Crippen molar-refractivity contribution in [2.75, 3.05) is 5.32 Å². The molecule has 0 saturated carbocycles. The van der Waals surface area contributed by atoms with Gasteiger partial charge in [0.05, 0.1) is 4.92 Å². The third-order valence-corrected chi connectivity index (χ3v) is 2.74. The van der Waals surface area contributed by atoms with Crippen LogP contribution in [-0.2, 0) is 0 Å². The Morgan fingerprint density at radius 2 is 2.00 bits per heavy atom. The predicted molar refractivity (Wildman–Crippen MR) is 74.7 cm³/mol. The summed E-state index contributed by atoms with van der Waals surface area (Å²) in [6.07, 6.45) is 0. The number of carbonyl (C=O) groups is 1. The first-order chi connectivity index (χ1) is 9.86. The zero-order valence-electron chi connectivity index (χ0n) is 11.4. The lowest BCUT2D eigenvalue weighted by atomic mass is 10.2. The molecule has 108 valence electrons. The zero-order valence-corrected chi connectivity index (χ0v) is 11.4. The molecule has 2 aromatic rings. The number of benzene rings is 1. The van der Waals surface area contributed by atoms with Crippen LogP contribution in [0.25, 0.3) is 0 Å². The van der Waals surface area contributed by atoms with Gasteiger partial charge >= 0.3 is 5.69 Å². The van der Waals surface area contributed by atoms with Crippen LogP contribution >= 0.6 is 0 Å². The summed E-state index contributed by atoms with van der Waals surface area (Å²) in [5.74, 6) is -1.24. The summed E-state index contributed by atoms with van der Waals surface area (Å²) in [5.41, 5.74) is 0.901. The molecular weight excluding hydrogens is 277 g/mol. The molecule has 0 spiro atoms. The van der Waals surface area contributed by atoms with Crippen LogP contribution in [0.2, 0.25) is 0 Å². The first-order valence-electron chi connectivity index (χ1n) is 6.07. The van der Waals surface area contributed by atoms with Crippen molar-refractivity contribution in [2.45, 2.75) is 13.8 Å². The number of nitro groups is 1. The van der Waals surface area contributed by atoms with Crippen molar-refractivity contribution < 1.29 is 14.1 Å². The Labute approximate surface area is 119 Å². The standard InChI is InChI=1S/C14H12FN3O3/c1-8-5-9(2)16-13(6-8)17-14(19)10-3-4-11(15)12(7-10)18(20)21/h3-7H,1-2H3,(H,16,17,19). The number of halogens is 1. The normalized spacial score (nSPS) is 10.2. The van der Waals surface area contributed by atoms with Gasteiger partial charge in [-0.25, -0.2) is 4.98 Å². The minimum absolute atomic E-state index is 0.0101. The highest BCUT2D eigenvalue weighted by Crippen LogP contribution is 2.19. The Balaban J connectivity index is 2.28. The van der Waals surface area contributed by atoms with Gasteiger partial charge in [0, 0.05) is 17.3 Å². The van der Waals surface area contributed by atoms with Gasteiger partial charge in [-0.1, -0.05) is 0 Å². The SMILES string of the molecule is Cc1cc(C)nc(NC(=O)c2ccc(F)c([N+](=O)[O-])c2)c1. The molecule has 6 nitrogen and oxygen atoms in total. The van der Waals surface area contributed by atoms with Crippen LogP contribution in [0.4, 0.5) is 15.9 Å². The highest BCUT2D eigenvalue weighted by molar-refractivity contribution is 6.04. The maximum absolute atomic E-state index is 13.2. The van der Waals surface area contributed by atoms with Crippen molar-refractivity contribution in [1.29, 1.82) is 0 Å². The van der Waals surface area contributed by atoms with E-state index in [1.807, 2.05) is 13.0 Å². The average Bonchev–Trinajstić information content (AvgIpc) is 2.37. The Morgan fingerprint density at radius 3 is 2.62 bits per heavy atom. The van der Waals surface area contributed by atoms with Gasteiger partial charge in [-0.05, 0) is 43.7 Å². The van der Waals surface area contributed by atoms with Gasteiger partial charge in [-0.3, -0.25) is 14.9 Å². The first-order valence-corrected chi connectivity index (χ1v) is 6.07. The third kappa shape index (κ3) is 3.38. The molecule has 0 aliphatic carbocycles. The number of rotatable bonds is 3. The minimum atomic E-state index is -0.985. The third-order valence-electron chi connectivity index (χ3n) is 2.74. The van der Waals surface area contributed by atoms with E-state index in [1.54, 1.807) is 13.0 Å². The van der Waals surface area contributed by atoms with Crippen LogP contribution in [0.5, 0.6) is 0 Å². The van der Waals surface area contributed by atoms with E-state index in [1.165, 1.54) is 6.07 Å². The monoisotopic (exact) mass is 289 g/mol. The zero-order chi connectivity index (χ0) is 15.6. The molecule has 1 heterocycles. The number of aromatic nitrogens is 1. The first kappa shape index (κ1) is 14.6. The van der Waals surface area contributed by atoms with Gasteiger partial charge in [-0.2, -0.15) is 4.39 Å². The Morgan fingerprint density at radius 1 is 1.29 bits per heavy atom. The number of aryl methyl sites for hydroxylation is 2. The molecular formula is C14H12FN3O3. The molecule has 0 saturated heterocycles. The van der Waals surface area contributed by atoms with E-state index >= 15 is 0 Å². The van der Waals surface area contributed by atoms with E-state index in [2.05, 4.69) is 10.3 Å². The molecule has 1 aromatic carbocycles. The van der Waals surface area contributed by atoms with Crippen LogP contribution in [0.15, 0.2) is 30.3 Å². The van der Waals surface area contributed by atoms with Crippen LogP contribution in [0.3, 0.4) is 0 Å². The van der Waals surface area contributed by atoms with Crippen LogP contribution in [0, 0.1) is 29.8 Å². The second-order valence-corrected chi connectivity index (χ2v) is 4.55. The molecule has 2 rings (SSSR count). The molecule has 21 heavy (non-hydrogen) atoms. The molecule has 0 bridgehead atoms. The van der Waals surface area contributed by atoms with E-state index in [-0.39, 0.29) is 5.56 Å². The quantitative estimate of drug-likeness (QED) is 0.695. The summed E-state index contributed by atoms with van der Waals surface area (Å²) in [5, 5.41) is 13.2. The lowest BCUT2D eigenvalue weighted by Gasteiger charge is -2.06. The number of anilines is 1.